The van der Waals surface area contributed by atoms with Crippen molar-refractivity contribution >= 4 is 11.8 Å². The van der Waals surface area contributed by atoms with Crippen molar-refractivity contribution in [1.82, 2.24) is 0 Å². The summed E-state index contributed by atoms with van der Waals surface area (Å²) in [6, 6.07) is 15.5. The lowest BCUT2D eigenvalue weighted by Crippen LogP contribution is -2.14. The molecule has 0 heterocycles. The maximum atomic E-state index is 10.1. The fraction of sp³-hybridized carbons (Fsp3) is 0.235. The summed E-state index contributed by atoms with van der Waals surface area (Å²) in [5.41, 5.74) is 3.09. The first-order chi connectivity index (χ1) is 9.67. The molecule has 0 aliphatic carbocycles. The molecule has 2 aromatic rings. The van der Waals surface area contributed by atoms with Gasteiger partial charge in [0.1, 0.15) is 5.75 Å². The molecule has 0 aromatic heterocycles. The molecule has 0 aliphatic rings. The molecule has 2 aromatic carbocycles. The van der Waals surface area contributed by atoms with Gasteiger partial charge in [-0.05, 0) is 43.7 Å². The summed E-state index contributed by atoms with van der Waals surface area (Å²) in [5, 5.41) is 0. The maximum absolute atomic E-state index is 10.1. The molecule has 0 spiro atoms. The number of nitrogens with zero attached hydrogens (tertiary/aromatic N) is 1. The summed E-state index contributed by atoms with van der Waals surface area (Å²) >= 11 is 0. The third-order valence-corrected chi connectivity index (χ3v) is 2.99. The summed E-state index contributed by atoms with van der Waals surface area (Å²) < 4.78 is 5.84. The normalized spacial score (nSPS) is 11.5. The number of benzene rings is 2. The first-order valence-corrected chi connectivity index (χ1v) is 6.57. The molecule has 0 N–H and O–H groups in total. The smallest absolute Gasteiger partial charge is 0.240 e. The van der Waals surface area contributed by atoms with Gasteiger partial charge in [0.2, 0.25) is 6.08 Å². The van der Waals surface area contributed by atoms with Crippen LogP contribution in [0.2, 0.25) is 0 Å². The van der Waals surface area contributed by atoms with Gasteiger partial charge in [0.25, 0.3) is 0 Å². The highest BCUT2D eigenvalue weighted by Gasteiger charge is 2.05. The fourth-order valence-electron chi connectivity index (χ4n) is 1.98. The standard InChI is InChI=1S/C17H17NO2/c1-13-3-5-15(6-4-13)11-14(2)20-17-9-7-16(8-10-17)18-12-19/h3-10,14H,11H2,1-2H3. The van der Waals surface area contributed by atoms with E-state index >= 15 is 0 Å². The Bertz CT molecular complexity index is 596. The molecular weight excluding hydrogens is 250 g/mol. The van der Waals surface area contributed by atoms with E-state index in [0.29, 0.717) is 5.69 Å². The number of aryl methyl sites for hydroxylation is 1. The molecule has 0 fully saturated rings. The predicted octanol–water partition coefficient (Wildman–Crippen LogP) is 3.97. The molecule has 3 nitrogen and oxygen atoms in total. The molecule has 0 radical (unpaired) electrons. The highest BCUT2D eigenvalue weighted by atomic mass is 16.5. The lowest BCUT2D eigenvalue weighted by Gasteiger charge is -2.15. The van der Waals surface area contributed by atoms with Crippen molar-refractivity contribution in [3.05, 3.63) is 59.7 Å². The molecule has 0 aliphatic heterocycles. The van der Waals surface area contributed by atoms with Crippen molar-refractivity contribution in [3.63, 3.8) is 0 Å². The minimum absolute atomic E-state index is 0.0816. The van der Waals surface area contributed by atoms with Crippen molar-refractivity contribution < 1.29 is 9.53 Å². The Morgan fingerprint density at radius 3 is 2.35 bits per heavy atom. The zero-order valence-corrected chi connectivity index (χ0v) is 11.7. The quantitative estimate of drug-likeness (QED) is 0.607. The lowest BCUT2D eigenvalue weighted by atomic mass is 10.1. The van der Waals surface area contributed by atoms with Crippen molar-refractivity contribution in [2.45, 2.75) is 26.4 Å². The Balaban J connectivity index is 1.95. The van der Waals surface area contributed by atoms with Gasteiger partial charge in [0, 0.05) is 6.42 Å². The third-order valence-electron chi connectivity index (χ3n) is 2.99. The maximum Gasteiger partial charge on any atom is 0.240 e. The molecule has 20 heavy (non-hydrogen) atoms. The second-order valence-electron chi connectivity index (χ2n) is 4.82. The molecule has 3 heteroatoms. The molecule has 1 atom stereocenters. The van der Waals surface area contributed by atoms with E-state index < -0.39 is 0 Å². The Morgan fingerprint density at radius 2 is 1.75 bits per heavy atom. The Labute approximate surface area is 118 Å². The molecule has 0 saturated heterocycles. The van der Waals surface area contributed by atoms with Gasteiger partial charge in [-0.2, -0.15) is 4.99 Å². The van der Waals surface area contributed by atoms with E-state index in [1.54, 1.807) is 12.1 Å². The summed E-state index contributed by atoms with van der Waals surface area (Å²) in [5.74, 6) is 0.773. The minimum Gasteiger partial charge on any atom is -0.490 e. The van der Waals surface area contributed by atoms with Crippen LogP contribution in [0.25, 0.3) is 0 Å². The van der Waals surface area contributed by atoms with Crippen molar-refractivity contribution in [1.29, 1.82) is 0 Å². The largest absolute Gasteiger partial charge is 0.490 e. The number of isocyanates is 1. The number of carbonyl (C=O) groups excluding carboxylic acids is 1. The highest BCUT2D eigenvalue weighted by Crippen LogP contribution is 2.19. The molecule has 0 saturated carbocycles. The van der Waals surface area contributed by atoms with Crippen LogP contribution in [-0.2, 0) is 11.2 Å². The van der Waals surface area contributed by atoms with Crippen LogP contribution in [0.1, 0.15) is 18.1 Å². The van der Waals surface area contributed by atoms with Crippen LogP contribution in [0.4, 0.5) is 5.69 Å². The summed E-state index contributed by atoms with van der Waals surface area (Å²) in [6.07, 6.45) is 2.45. The average molecular weight is 267 g/mol. The van der Waals surface area contributed by atoms with E-state index in [1.165, 1.54) is 17.2 Å². The molecule has 2 rings (SSSR count). The Morgan fingerprint density at radius 1 is 1.10 bits per heavy atom. The molecule has 102 valence electrons. The Hall–Kier alpha value is -2.38. The average Bonchev–Trinajstić information content (AvgIpc) is 2.44. The van der Waals surface area contributed by atoms with E-state index in [4.69, 9.17) is 4.74 Å². The number of rotatable bonds is 5. The van der Waals surface area contributed by atoms with Gasteiger partial charge in [0.15, 0.2) is 0 Å². The number of ether oxygens (including phenoxy) is 1. The van der Waals surface area contributed by atoms with Gasteiger partial charge in [-0.25, -0.2) is 4.79 Å². The first kappa shape index (κ1) is 14.0. The lowest BCUT2D eigenvalue weighted by molar-refractivity contribution is 0.222. The molecular formula is C17H17NO2. The summed E-state index contributed by atoms with van der Waals surface area (Å²) in [6.45, 7) is 4.12. The van der Waals surface area contributed by atoms with Crippen LogP contribution in [-0.4, -0.2) is 12.2 Å². The van der Waals surface area contributed by atoms with E-state index in [0.717, 1.165) is 12.2 Å². The van der Waals surface area contributed by atoms with E-state index in [1.807, 2.05) is 19.1 Å². The number of hydrogen-bond donors (Lipinski definition) is 0. The summed E-state index contributed by atoms with van der Waals surface area (Å²) in [7, 11) is 0. The van der Waals surface area contributed by atoms with Gasteiger partial charge < -0.3 is 4.74 Å². The fourth-order valence-corrected chi connectivity index (χ4v) is 1.98. The predicted molar refractivity (Wildman–Crippen MR) is 79.2 cm³/mol. The minimum atomic E-state index is 0.0816. The third kappa shape index (κ3) is 4.08. The zero-order chi connectivity index (χ0) is 14.4. The van der Waals surface area contributed by atoms with E-state index in [-0.39, 0.29) is 6.10 Å². The molecule has 1 unspecified atom stereocenters. The molecule has 0 amide bonds. The monoisotopic (exact) mass is 267 g/mol. The van der Waals surface area contributed by atoms with Crippen LogP contribution in [0.5, 0.6) is 5.75 Å². The van der Waals surface area contributed by atoms with Gasteiger partial charge in [-0.3, -0.25) is 0 Å². The highest BCUT2D eigenvalue weighted by molar-refractivity contribution is 5.50. The second kappa shape index (κ2) is 6.69. The molecule has 0 bridgehead atoms. The van der Waals surface area contributed by atoms with Gasteiger partial charge in [-0.1, -0.05) is 29.8 Å². The van der Waals surface area contributed by atoms with Gasteiger partial charge >= 0.3 is 0 Å². The zero-order valence-electron chi connectivity index (χ0n) is 11.7. The second-order valence-corrected chi connectivity index (χ2v) is 4.82. The topological polar surface area (TPSA) is 38.7 Å². The Kier molecular flexibility index (Phi) is 4.70. The number of hydrogen-bond acceptors (Lipinski definition) is 3. The summed E-state index contributed by atoms with van der Waals surface area (Å²) in [4.78, 5) is 13.7. The van der Waals surface area contributed by atoms with Crippen LogP contribution in [0.15, 0.2) is 53.5 Å². The first-order valence-electron chi connectivity index (χ1n) is 6.57. The van der Waals surface area contributed by atoms with E-state index in [2.05, 4.69) is 36.2 Å². The van der Waals surface area contributed by atoms with E-state index in [9.17, 15) is 4.79 Å². The van der Waals surface area contributed by atoms with Crippen LogP contribution < -0.4 is 4.74 Å². The van der Waals surface area contributed by atoms with Gasteiger partial charge in [-0.15, -0.1) is 0 Å². The van der Waals surface area contributed by atoms with Crippen LogP contribution >= 0.6 is 0 Å². The SMILES string of the molecule is Cc1ccc(CC(C)Oc2ccc(N=C=O)cc2)cc1. The van der Waals surface area contributed by atoms with Gasteiger partial charge in [0.05, 0.1) is 11.8 Å². The van der Waals surface area contributed by atoms with Crippen LogP contribution in [0.3, 0.4) is 0 Å². The van der Waals surface area contributed by atoms with Crippen LogP contribution in [0, 0.1) is 6.92 Å². The van der Waals surface area contributed by atoms with Crippen molar-refractivity contribution in [2.24, 2.45) is 4.99 Å². The van der Waals surface area contributed by atoms with Crippen molar-refractivity contribution in [2.75, 3.05) is 0 Å². The van der Waals surface area contributed by atoms with Crippen molar-refractivity contribution in [3.8, 4) is 5.75 Å². The number of aliphatic imine (C=N–C) groups is 1.